The minimum absolute atomic E-state index is 0.204. The first-order valence-corrected chi connectivity index (χ1v) is 21.0. The van der Waals surface area contributed by atoms with Crippen molar-refractivity contribution in [2.75, 3.05) is 51.3 Å². The quantitative estimate of drug-likeness (QED) is 0.0941. The van der Waals surface area contributed by atoms with Gasteiger partial charge >= 0.3 is 30.1 Å². The number of rotatable bonds is 11. The Labute approximate surface area is 379 Å². The molecule has 0 aromatic heterocycles. The summed E-state index contributed by atoms with van der Waals surface area (Å²) in [5, 5.41) is 44.9. The van der Waals surface area contributed by atoms with Gasteiger partial charge in [0.25, 0.3) is 22.6 Å². The molecule has 0 spiro atoms. The Kier molecular flexibility index (Phi) is 26.0. The molecule has 360 valence electrons. The van der Waals surface area contributed by atoms with Gasteiger partial charge in [-0.1, -0.05) is 84.9 Å². The molecular weight excluding hydrogens is 898 g/mol. The van der Waals surface area contributed by atoms with Crippen LogP contribution in [0.3, 0.4) is 0 Å². The molecule has 0 bridgehead atoms. The highest BCUT2D eigenvalue weighted by Gasteiger charge is 2.59. The van der Waals surface area contributed by atoms with E-state index in [1.165, 1.54) is 6.07 Å². The van der Waals surface area contributed by atoms with Gasteiger partial charge in [-0.25, -0.2) is 27.6 Å². The van der Waals surface area contributed by atoms with E-state index >= 15 is 0 Å². The van der Waals surface area contributed by atoms with Gasteiger partial charge in [0.1, 0.15) is 9.84 Å². The number of aliphatic carboxylic acids is 4. The maximum absolute atomic E-state index is 13.8. The molecule has 18 nitrogen and oxygen atoms in total. The van der Waals surface area contributed by atoms with Crippen molar-refractivity contribution < 1.29 is 80.4 Å². The molecular formula is C44H53F3N4O14S. The van der Waals surface area contributed by atoms with E-state index in [0.29, 0.717) is 24.2 Å². The summed E-state index contributed by atoms with van der Waals surface area (Å²) in [6.45, 7) is 2.94. The summed E-state index contributed by atoms with van der Waals surface area (Å²) in [4.78, 5) is 90.3. The molecule has 0 radical (unpaired) electrons. The first kappa shape index (κ1) is 60.6. The van der Waals surface area contributed by atoms with E-state index in [2.05, 4.69) is 10.6 Å². The van der Waals surface area contributed by atoms with Gasteiger partial charge in [0.15, 0.2) is 11.6 Å². The molecule has 0 aliphatic heterocycles. The average Bonchev–Trinajstić information content (AvgIpc) is 3.21. The summed E-state index contributed by atoms with van der Waals surface area (Å²) in [5.41, 5.74) is -6.93. The van der Waals surface area contributed by atoms with Crippen LogP contribution in [0.4, 0.5) is 24.5 Å². The minimum Gasteiger partial charge on any atom is -0.480 e. The zero-order chi connectivity index (χ0) is 51.6. The number of ketones is 2. The molecule has 0 atom stereocenters. The van der Waals surface area contributed by atoms with Gasteiger partial charge in [0, 0.05) is 38.0 Å². The van der Waals surface area contributed by atoms with E-state index in [4.69, 9.17) is 10.2 Å². The van der Waals surface area contributed by atoms with Gasteiger partial charge in [-0.05, 0) is 75.8 Å². The van der Waals surface area contributed by atoms with Crippen LogP contribution in [0.1, 0.15) is 25.0 Å². The van der Waals surface area contributed by atoms with E-state index < -0.39 is 85.4 Å². The van der Waals surface area contributed by atoms with Gasteiger partial charge in [0.2, 0.25) is 0 Å². The topological polar surface area (TPSA) is 300 Å². The number of alkyl halides is 3. The average molecular weight is 951 g/mol. The lowest BCUT2D eigenvalue weighted by Gasteiger charge is -2.22. The van der Waals surface area contributed by atoms with E-state index in [9.17, 15) is 70.2 Å². The highest BCUT2D eigenvalue weighted by atomic mass is 32.2. The first-order chi connectivity index (χ1) is 30.5. The predicted octanol–water partition coefficient (Wildman–Crippen LogP) is 4.75. The SMILES string of the molecule is CNC.CNC(=O)C(C(C)=O)(C(=O)O)C(=O)O.CNc1ccc(-c2ccc(NC(=O)C(C(C)=O)(C(=O)O)C(=O)O)cc2C(F)(F)F)c(C)c1.CS(C)(=O)=O.c1ccccc1.c1ccccc1. The van der Waals surface area contributed by atoms with Crippen LogP contribution >= 0.6 is 0 Å². The number of Topliss-reactive ketones (excluding diaryl/α,β-unsaturated/α-hetero) is 2. The fourth-order valence-corrected chi connectivity index (χ4v) is 4.89. The number of halogens is 3. The number of hydrogen-bond acceptors (Lipinski definition) is 12. The van der Waals surface area contributed by atoms with Crippen LogP contribution in [-0.4, -0.2) is 117 Å². The maximum Gasteiger partial charge on any atom is 0.417 e. The number of aryl methyl sites for hydroxylation is 1. The summed E-state index contributed by atoms with van der Waals surface area (Å²) in [6.07, 6.45) is -2.54. The molecule has 8 N–H and O–H groups in total. The summed E-state index contributed by atoms with van der Waals surface area (Å²) < 4.78 is 60.6. The van der Waals surface area contributed by atoms with Crippen LogP contribution < -0.4 is 21.3 Å². The molecule has 0 saturated heterocycles. The lowest BCUT2D eigenvalue weighted by molar-refractivity contribution is -0.174. The Balaban J connectivity index is 0. The van der Waals surface area contributed by atoms with Crippen LogP contribution in [0.2, 0.25) is 0 Å². The number of carboxylic acids is 4. The Morgan fingerprint density at radius 3 is 1.08 bits per heavy atom. The van der Waals surface area contributed by atoms with Crippen molar-refractivity contribution in [2.45, 2.75) is 26.9 Å². The Bertz CT molecular complexity index is 2220. The third kappa shape index (κ3) is 18.7. The van der Waals surface area contributed by atoms with E-state index in [1.54, 1.807) is 26.1 Å². The lowest BCUT2D eigenvalue weighted by atomic mass is 9.83. The maximum atomic E-state index is 13.8. The number of benzene rings is 4. The lowest BCUT2D eigenvalue weighted by Crippen LogP contribution is -2.55. The number of hydrogen-bond donors (Lipinski definition) is 8. The van der Waals surface area contributed by atoms with Crippen LogP contribution in [0, 0.1) is 17.8 Å². The normalized spacial score (nSPS) is 10.4. The van der Waals surface area contributed by atoms with E-state index in [0.717, 1.165) is 38.6 Å². The van der Waals surface area contributed by atoms with Crippen molar-refractivity contribution in [2.24, 2.45) is 10.8 Å². The Morgan fingerprint density at radius 2 is 0.833 bits per heavy atom. The number of carboxylic acid groups (broad SMARTS) is 4. The minimum atomic E-state index is -4.86. The molecule has 0 aliphatic carbocycles. The second-order valence-corrected chi connectivity index (χ2v) is 15.6. The predicted molar refractivity (Wildman–Crippen MR) is 239 cm³/mol. The number of carbonyl (C=O) groups is 8. The van der Waals surface area contributed by atoms with Crippen molar-refractivity contribution in [1.29, 1.82) is 0 Å². The molecule has 2 amide bonds. The molecule has 22 heteroatoms. The summed E-state index contributed by atoms with van der Waals surface area (Å²) in [5.74, 6) is -14.5. The largest absolute Gasteiger partial charge is 0.480 e. The van der Waals surface area contributed by atoms with Gasteiger partial charge in [-0.2, -0.15) is 13.2 Å². The van der Waals surface area contributed by atoms with Gasteiger partial charge in [-0.3, -0.25) is 19.2 Å². The molecule has 0 heterocycles. The van der Waals surface area contributed by atoms with Crippen LogP contribution in [0.5, 0.6) is 0 Å². The van der Waals surface area contributed by atoms with Gasteiger partial charge < -0.3 is 41.7 Å². The Hall–Kier alpha value is -7.46. The van der Waals surface area contributed by atoms with Crippen molar-refractivity contribution in [3.63, 3.8) is 0 Å². The second-order valence-electron chi connectivity index (χ2n) is 13.4. The fraction of sp³-hybridized carbons (Fsp3) is 0.273. The highest BCUT2D eigenvalue weighted by Crippen LogP contribution is 2.40. The number of anilines is 2. The van der Waals surface area contributed by atoms with Crippen LogP contribution in [0.15, 0.2) is 109 Å². The number of carbonyl (C=O) groups excluding carboxylic acids is 4. The Morgan fingerprint density at radius 1 is 0.530 bits per heavy atom. The molecule has 0 aliphatic rings. The summed E-state index contributed by atoms with van der Waals surface area (Å²) in [6, 6.07) is 31.4. The molecule has 0 fully saturated rings. The van der Waals surface area contributed by atoms with E-state index in [1.807, 2.05) is 97.5 Å². The standard InChI is InChI=1S/C21H19F3N2O6.C7H9NO6.2C6H6.C2H7N.C2H6O2S/c1-10-8-12(25-3)4-6-14(10)15-7-5-13(9-16(15)21(22,23)24)26-17(28)20(11(2)27,18(29)30)19(31)32;1-3(9)7(5(11)12,6(13)14)4(10)8-2;2*1-2-4-6-5-3-1;1-3-2;1-5(2,3)4/h4-9,25H,1-3H3,(H,26,28)(H,29,30)(H,31,32);1-2H3,(H,8,10)(H,11,12)(H,13,14);2*1-6H;3H,1-2H3;1-2H3. The first-order valence-electron chi connectivity index (χ1n) is 18.7. The molecule has 4 aromatic carbocycles. The van der Waals surface area contributed by atoms with Gasteiger partial charge in [0.05, 0.1) is 5.56 Å². The molecule has 0 unspecified atom stereocenters. The van der Waals surface area contributed by atoms with Crippen molar-refractivity contribution in [1.82, 2.24) is 10.6 Å². The van der Waals surface area contributed by atoms with Gasteiger partial charge in [-0.15, -0.1) is 0 Å². The smallest absolute Gasteiger partial charge is 0.417 e. The molecule has 4 aromatic rings. The third-order valence-corrected chi connectivity index (χ3v) is 7.97. The van der Waals surface area contributed by atoms with Crippen molar-refractivity contribution >= 4 is 68.5 Å². The van der Waals surface area contributed by atoms with Crippen LogP contribution in [-0.2, 0) is 54.4 Å². The zero-order valence-corrected chi connectivity index (χ0v) is 38.1. The number of sulfone groups is 1. The van der Waals surface area contributed by atoms with Crippen molar-refractivity contribution in [3.8, 4) is 11.1 Å². The molecule has 4 rings (SSSR count). The van der Waals surface area contributed by atoms with Crippen LogP contribution in [0.25, 0.3) is 11.1 Å². The number of amides is 2. The zero-order valence-electron chi connectivity index (χ0n) is 37.3. The summed E-state index contributed by atoms with van der Waals surface area (Å²) in [7, 11) is 3.79. The monoisotopic (exact) mass is 950 g/mol. The highest BCUT2D eigenvalue weighted by molar-refractivity contribution is 7.89. The van der Waals surface area contributed by atoms with E-state index in [-0.39, 0.29) is 11.1 Å². The second kappa shape index (κ2) is 28.4. The third-order valence-electron chi connectivity index (χ3n) is 7.97. The number of nitrogens with one attached hydrogen (secondary N) is 4. The fourth-order valence-electron chi connectivity index (χ4n) is 4.89. The summed E-state index contributed by atoms with van der Waals surface area (Å²) >= 11 is 0. The van der Waals surface area contributed by atoms with Crippen molar-refractivity contribution in [3.05, 3.63) is 120 Å². The molecule has 0 saturated carbocycles. The molecule has 66 heavy (non-hydrogen) atoms.